The third-order valence-electron chi connectivity index (χ3n) is 2.72. The monoisotopic (exact) mass is 267 g/mol. The van der Waals surface area contributed by atoms with Crippen LogP contribution in [-0.4, -0.2) is 29.2 Å². The summed E-state index contributed by atoms with van der Waals surface area (Å²) in [4.78, 5) is 0. The van der Waals surface area contributed by atoms with Crippen LogP contribution in [0.15, 0.2) is 0 Å². The van der Waals surface area contributed by atoms with Gasteiger partial charge in [0.2, 0.25) is 0 Å². The second kappa shape index (κ2) is 3.18. The van der Waals surface area contributed by atoms with Gasteiger partial charge in [-0.1, -0.05) is 22.6 Å². The summed E-state index contributed by atoms with van der Waals surface area (Å²) in [6, 6.07) is 0. The van der Waals surface area contributed by atoms with E-state index in [4.69, 9.17) is 4.74 Å². The predicted octanol–water partition coefficient (Wildman–Crippen LogP) is 1.33. The third kappa shape index (κ3) is 1.55. The summed E-state index contributed by atoms with van der Waals surface area (Å²) in [6.45, 7) is 2.14. The molecule has 2 aliphatic heterocycles. The van der Waals surface area contributed by atoms with Crippen molar-refractivity contribution in [1.29, 1.82) is 0 Å². The fourth-order valence-corrected chi connectivity index (χ4v) is 2.66. The summed E-state index contributed by atoms with van der Waals surface area (Å²) in [5.41, 5.74) is 0.385. The maximum absolute atomic E-state index is 5.67. The molecule has 11 heavy (non-hydrogen) atoms. The molecule has 0 amide bonds. The SMILES string of the molecule is IC[C@H]1C[C@]2(CCCN2)CO1. The van der Waals surface area contributed by atoms with Gasteiger partial charge in [-0.05, 0) is 25.8 Å². The predicted molar refractivity (Wildman–Crippen MR) is 53.2 cm³/mol. The maximum Gasteiger partial charge on any atom is 0.0683 e. The number of rotatable bonds is 1. The summed E-state index contributed by atoms with van der Waals surface area (Å²) >= 11 is 2.41. The Hall–Kier alpha value is 0.650. The summed E-state index contributed by atoms with van der Waals surface area (Å²) in [5.74, 6) is 0. The molecule has 2 nitrogen and oxygen atoms in total. The van der Waals surface area contributed by atoms with Gasteiger partial charge in [-0.3, -0.25) is 0 Å². The number of hydrogen-bond acceptors (Lipinski definition) is 2. The van der Waals surface area contributed by atoms with E-state index >= 15 is 0 Å². The van der Waals surface area contributed by atoms with Gasteiger partial charge >= 0.3 is 0 Å². The Morgan fingerprint density at radius 2 is 2.55 bits per heavy atom. The van der Waals surface area contributed by atoms with Gasteiger partial charge in [0, 0.05) is 9.97 Å². The number of halogens is 1. The van der Waals surface area contributed by atoms with Crippen LogP contribution in [-0.2, 0) is 4.74 Å². The standard InChI is InChI=1S/C8H14INO/c9-5-7-4-8(6-11-7)2-1-3-10-8/h7,10H,1-6H2/t7-,8-/m1/s1. The maximum atomic E-state index is 5.67. The Morgan fingerprint density at radius 3 is 3.09 bits per heavy atom. The van der Waals surface area contributed by atoms with Crippen molar-refractivity contribution in [2.45, 2.75) is 30.9 Å². The zero-order valence-electron chi connectivity index (χ0n) is 6.61. The number of ether oxygens (including phenoxy) is 1. The van der Waals surface area contributed by atoms with Gasteiger partial charge in [0.25, 0.3) is 0 Å². The number of alkyl halides is 1. The average Bonchev–Trinajstić information content (AvgIpc) is 2.62. The topological polar surface area (TPSA) is 21.3 Å². The van der Waals surface area contributed by atoms with Crippen molar-refractivity contribution in [3.05, 3.63) is 0 Å². The first-order valence-electron chi connectivity index (χ1n) is 4.27. The van der Waals surface area contributed by atoms with Gasteiger partial charge in [0.1, 0.15) is 0 Å². The van der Waals surface area contributed by atoms with Gasteiger partial charge in [-0.25, -0.2) is 0 Å². The molecule has 2 saturated heterocycles. The van der Waals surface area contributed by atoms with Crippen LogP contribution < -0.4 is 5.32 Å². The van der Waals surface area contributed by atoms with Crippen molar-refractivity contribution in [3.63, 3.8) is 0 Å². The lowest BCUT2D eigenvalue weighted by Crippen LogP contribution is -2.40. The van der Waals surface area contributed by atoms with Crippen LogP contribution in [0.4, 0.5) is 0 Å². The fourth-order valence-electron chi connectivity index (χ4n) is 2.10. The highest BCUT2D eigenvalue weighted by atomic mass is 127. The fraction of sp³-hybridized carbons (Fsp3) is 1.00. The lowest BCUT2D eigenvalue weighted by Gasteiger charge is -2.20. The Bertz CT molecular complexity index is 145. The third-order valence-corrected chi connectivity index (χ3v) is 3.70. The zero-order valence-corrected chi connectivity index (χ0v) is 8.76. The van der Waals surface area contributed by atoms with E-state index in [-0.39, 0.29) is 0 Å². The van der Waals surface area contributed by atoms with Crippen LogP contribution in [0.5, 0.6) is 0 Å². The average molecular weight is 267 g/mol. The van der Waals surface area contributed by atoms with E-state index < -0.39 is 0 Å². The summed E-state index contributed by atoms with van der Waals surface area (Å²) < 4.78 is 6.81. The van der Waals surface area contributed by atoms with Crippen LogP contribution in [0.25, 0.3) is 0 Å². The lowest BCUT2D eigenvalue weighted by atomic mass is 9.95. The van der Waals surface area contributed by atoms with E-state index in [1.165, 1.54) is 25.8 Å². The first-order chi connectivity index (χ1) is 5.35. The molecule has 0 aromatic rings. The Morgan fingerprint density at radius 1 is 1.64 bits per heavy atom. The van der Waals surface area contributed by atoms with E-state index in [1.807, 2.05) is 0 Å². The molecular formula is C8H14INO. The van der Waals surface area contributed by atoms with Crippen LogP contribution in [0, 0.1) is 0 Å². The van der Waals surface area contributed by atoms with E-state index in [0.717, 1.165) is 11.0 Å². The molecule has 0 aromatic heterocycles. The minimum absolute atomic E-state index is 0.385. The Kier molecular flexibility index (Phi) is 2.39. The molecule has 64 valence electrons. The molecule has 2 rings (SSSR count). The molecule has 0 unspecified atom stereocenters. The van der Waals surface area contributed by atoms with E-state index in [0.29, 0.717) is 11.6 Å². The molecule has 0 saturated carbocycles. The first kappa shape index (κ1) is 8.26. The number of hydrogen-bond donors (Lipinski definition) is 1. The van der Waals surface area contributed by atoms with E-state index in [9.17, 15) is 0 Å². The molecule has 0 aliphatic carbocycles. The summed E-state index contributed by atoms with van der Waals surface area (Å²) in [5, 5.41) is 3.57. The highest BCUT2D eigenvalue weighted by Gasteiger charge is 2.41. The summed E-state index contributed by atoms with van der Waals surface area (Å²) in [7, 11) is 0. The highest BCUT2D eigenvalue weighted by molar-refractivity contribution is 14.1. The molecule has 1 N–H and O–H groups in total. The first-order valence-corrected chi connectivity index (χ1v) is 5.80. The normalized spacial score (nSPS) is 43.9. The molecule has 1 spiro atoms. The molecule has 2 fully saturated rings. The highest BCUT2D eigenvalue weighted by Crippen LogP contribution is 2.32. The Balaban J connectivity index is 1.96. The molecule has 0 radical (unpaired) electrons. The molecule has 0 bridgehead atoms. The van der Waals surface area contributed by atoms with Gasteiger partial charge < -0.3 is 10.1 Å². The van der Waals surface area contributed by atoms with Crippen molar-refractivity contribution < 1.29 is 4.74 Å². The second-order valence-corrected chi connectivity index (χ2v) is 4.48. The van der Waals surface area contributed by atoms with Crippen molar-refractivity contribution in [2.75, 3.05) is 17.6 Å². The van der Waals surface area contributed by atoms with E-state index in [1.54, 1.807) is 0 Å². The molecule has 0 aromatic carbocycles. The second-order valence-electron chi connectivity index (χ2n) is 3.60. The van der Waals surface area contributed by atoms with Crippen molar-refractivity contribution in [3.8, 4) is 0 Å². The molecular weight excluding hydrogens is 253 g/mol. The minimum atomic E-state index is 0.385. The van der Waals surface area contributed by atoms with Crippen LogP contribution in [0.1, 0.15) is 19.3 Å². The Labute approximate surface area is 81.2 Å². The van der Waals surface area contributed by atoms with Crippen molar-refractivity contribution in [1.82, 2.24) is 5.32 Å². The van der Waals surface area contributed by atoms with Gasteiger partial charge in [0.15, 0.2) is 0 Å². The largest absolute Gasteiger partial charge is 0.375 e. The van der Waals surface area contributed by atoms with E-state index in [2.05, 4.69) is 27.9 Å². The quantitative estimate of drug-likeness (QED) is 0.571. The lowest BCUT2D eigenvalue weighted by molar-refractivity contribution is 0.119. The number of nitrogens with one attached hydrogen (secondary N) is 1. The summed E-state index contributed by atoms with van der Waals surface area (Å²) in [6.07, 6.45) is 4.40. The molecule has 3 heteroatoms. The smallest absolute Gasteiger partial charge is 0.0683 e. The minimum Gasteiger partial charge on any atom is -0.375 e. The van der Waals surface area contributed by atoms with Gasteiger partial charge in [-0.15, -0.1) is 0 Å². The van der Waals surface area contributed by atoms with Crippen molar-refractivity contribution in [2.24, 2.45) is 0 Å². The van der Waals surface area contributed by atoms with Crippen LogP contribution in [0.3, 0.4) is 0 Å². The molecule has 2 heterocycles. The molecule has 2 atom stereocenters. The van der Waals surface area contributed by atoms with Gasteiger partial charge in [-0.2, -0.15) is 0 Å². The van der Waals surface area contributed by atoms with Crippen molar-refractivity contribution >= 4 is 22.6 Å². The zero-order chi connectivity index (χ0) is 7.73. The van der Waals surface area contributed by atoms with Crippen LogP contribution >= 0.6 is 22.6 Å². The molecule has 2 aliphatic rings. The van der Waals surface area contributed by atoms with Crippen LogP contribution in [0.2, 0.25) is 0 Å². The van der Waals surface area contributed by atoms with Gasteiger partial charge in [0.05, 0.1) is 12.7 Å².